The maximum Gasteiger partial charge on any atom is 0.174 e. The lowest BCUT2D eigenvalue weighted by Gasteiger charge is -2.28. The quantitative estimate of drug-likeness (QED) is 0.888. The van der Waals surface area contributed by atoms with Gasteiger partial charge in [0.25, 0.3) is 0 Å². The average molecular weight is 352 g/mol. The first-order valence-corrected chi connectivity index (χ1v) is 9.12. The minimum Gasteiger partial charge on any atom is -0.341 e. The van der Waals surface area contributed by atoms with Gasteiger partial charge in [-0.1, -0.05) is 0 Å². The van der Waals surface area contributed by atoms with E-state index in [1.165, 1.54) is 25.0 Å². The number of aliphatic imine (C=N–C) groups is 1. The molecule has 1 unspecified atom stereocenters. The summed E-state index contributed by atoms with van der Waals surface area (Å²) in [6.07, 6.45) is 8.04. The van der Waals surface area contributed by atoms with Crippen molar-refractivity contribution in [1.29, 1.82) is 0 Å². The summed E-state index contributed by atoms with van der Waals surface area (Å²) in [5.74, 6) is -0.255. The Balaban J connectivity index is 1.61. The molecule has 1 saturated carbocycles. The summed E-state index contributed by atoms with van der Waals surface area (Å²) < 4.78 is 13.4. The molecule has 1 aromatic heterocycles. The number of rotatable bonds is 3. The van der Waals surface area contributed by atoms with E-state index in [2.05, 4.69) is 16.5 Å². The minimum atomic E-state index is -0.365. The molecule has 2 aromatic rings. The first kappa shape index (κ1) is 15.6. The lowest BCUT2D eigenvalue weighted by atomic mass is 9.98. The van der Waals surface area contributed by atoms with E-state index in [0.717, 1.165) is 47.6 Å². The summed E-state index contributed by atoms with van der Waals surface area (Å²) in [5, 5.41) is 4.73. The van der Waals surface area contributed by atoms with Gasteiger partial charge in [-0.25, -0.2) is 9.38 Å². The van der Waals surface area contributed by atoms with Crippen LogP contribution in [0.25, 0.3) is 11.3 Å². The zero-order valence-electron chi connectivity index (χ0n) is 14.4. The van der Waals surface area contributed by atoms with Crippen LogP contribution in [0.15, 0.2) is 41.5 Å². The van der Waals surface area contributed by atoms with E-state index >= 15 is 0 Å². The summed E-state index contributed by atoms with van der Waals surface area (Å²) in [6, 6.07) is 6.97. The summed E-state index contributed by atoms with van der Waals surface area (Å²) >= 11 is 0. The maximum absolute atomic E-state index is 13.4. The Hall–Kier alpha value is -2.67. The molecule has 0 radical (unpaired) electrons. The topological polar surface area (TPSA) is 71.5 Å². The zero-order chi connectivity index (χ0) is 17.7. The highest BCUT2D eigenvalue weighted by atomic mass is 19.1. The molecule has 134 valence electrons. The third-order valence-corrected chi connectivity index (χ3v) is 5.16. The second-order valence-corrected chi connectivity index (χ2v) is 7.02. The highest BCUT2D eigenvalue weighted by molar-refractivity contribution is 6.13. The molecule has 0 spiro atoms. The van der Waals surface area contributed by atoms with Crippen LogP contribution in [0.1, 0.15) is 30.5 Å². The number of nitrogens with one attached hydrogen (secondary N) is 1. The smallest absolute Gasteiger partial charge is 0.174 e. The number of benzene rings is 1. The molecular formula is C19H21FN6. The molecule has 1 aliphatic carbocycles. The van der Waals surface area contributed by atoms with Gasteiger partial charge in [0, 0.05) is 24.4 Å². The van der Waals surface area contributed by atoms with Crippen molar-refractivity contribution in [2.75, 3.05) is 12.0 Å². The fraction of sp³-hybridized carbons (Fsp3) is 0.368. The SMILES string of the molecule is NC1N=C(c2c(-c3ccc(F)cc3)nn3c2CCCN3)C=CN1C1CC1. The number of hydrogen-bond donors (Lipinski definition) is 2. The van der Waals surface area contributed by atoms with E-state index in [1.54, 1.807) is 12.1 Å². The number of aromatic nitrogens is 2. The molecule has 7 heteroatoms. The van der Waals surface area contributed by atoms with E-state index < -0.39 is 0 Å². The van der Waals surface area contributed by atoms with Crippen molar-refractivity contribution in [2.24, 2.45) is 10.7 Å². The van der Waals surface area contributed by atoms with Crippen molar-refractivity contribution in [3.05, 3.63) is 53.6 Å². The van der Waals surface area contributed by atoms with Crippen LogP contribution >= 0.6 is 0 Å². The maximum atomic E-state index is 13.4. The number of allylic oxidation sites excluding steroid dienone is 1. The Kier molecular flexibility index (Phi) is 3.56. The highest BCUT2D eigenvalue weighted by Crippen LogP contribution is 2.33. The predicted octanol–water partition coefficient (Wildman–Crippen LogP) is 2.20. The molecule has 2 aliphatic heterocycles. The summed E-state index contributed by atoms with van der Waals surface area (Å²) in [7, 11) is 0. The zero-order valence-corrected chi connectivity index (χ0v) is 14.4. The molecule has 3 heterocycles. The van der Waals surface area contributed by atoms with Crippen LogP contribution in [-0.4, -0.2) is 39.4 Å². The number of hydrogen-bond acceptors (Lipinski definition) is 5. The van der Waals surface area contributed by atoms with Crippen molar-refractivity contribution in [1.82, 2.24) is 14.8 Å². The monoisotopic (exact) mass is 352 g/mol. The molecule has 1 atom stereocenters. The number of halogens is 1. The third kappa shape index (κ3) is 2.59. The van der Waals surface area contributed by atoms with Crippen molar-refractivity contribution in [3.8, 4) is 11.3 Å². The van der Waals surface area contributed by atoms with Gasteiger partial charge in [-0.2, -0.15) is 9.89 Å². The molecule has 6 nitrogen and oxygen atoms in total. The van der Waals surface area contributed by atoms with E-state index in [-0.39, 0.29) is 12.1 Å². The van der Waals surface area contributed by atoms with Gasteiger partial charge in [0.1, 0.15) is 11.5 Å². The van der Waals surface area contributed by atoms with Crippen molar-refractivity contribution in [3.63, 3.8) is 0 Å². The van der Waals surface area contributed by atoms with Crippen LogP contribution in [0.2, 0.25) is 0 Å². The van der Waals surface area contributed by atoms with Crippen LogP contribution in [-0.2, 0) is 6.42 Å². The van der Waals surface area contributed by atoms with Gasteiger partial charge in [-0.05, 0) is 56.0 Å². The number of nitrogens with two attached hydrogens (primary N) is 1. The Morgan fingerprint density at radius 3 is 2.73 bits per heavy atom. The van der Waals surface area contributed by atoms with Crippen LogP contribution in [0.5, 0.6) is 0 Å². The summed E-state index contributed by atoms with van der Waals surface area (Å²) in [5.41, 5.74) is 14.2. The van der Waals surface area contributed by atoms with Gasteiger partial charge in [0.05, 0.1) is 17.0 Å². The van der Waals surface area contributed by atoms with Gasteiger partial charge >= 0.3 is 0 Å². The van der Waals surface area contributed by atoms with E-state index in [0.29, 0.717) is 6.04 Å². The number of fused-ring (bicyclic) bond motifs is 1. The Morgan fingerprint density at radius 1 is 1.19 bits per heavy atom. The van der Waals surface area contributed by atoms with Crippen molar-refractivity contribution < 1.29 is 4.39 Å². The molecule has 0 bridgehead atoms. The minimum absolute atomic E-state index is 0.255. The predicted molar refractivity (Wildman–Crippen MR) is 98.7 cm³/mol. The Bertz CT molecular complexity index is 893. The van der Waals surface area contributed by atoms with Gasteiger partial charge in [-0.15, -0.1) is 0 Å². The lowest BCUT2D eigenvalue weighted by molar-refractivity contribution is 0.276. The molecule has 3 aliphatic rings. The molecule has 0 amide bonds. The first-order valence-electron chi connectivity index (χ1n) is 9.12. The molecule has 5 rings (SSSR count). The molecule has 1 aromatic carbocycles. The molecular weight excluding hydrogens is 331 g/mol. The largest absolute Gasteiger partial charge is 0.341 e. The Labute approximate surface area is 151 Å². The van der Waals surface area contributed by atoms with Crippen LogP contribution in [0.3, 0.4) is 0 Å². The van der Waals surface area contributed by atoms with E-state index in [4.69, 9.17) is 15.8 Å². The van der Waals surface area contributed by atoms with Crippen LogP contribution in [0.4, 0.5) is 4.39 Å². The normalized spacial score (nSPS) is 22.0. The second kappa shape index (κ2) is 5.95. The van der Waals surface area contributed by atoms with Gasteiger partial charge in [0.15, 0.2) is 6.29 Å². The highest BCUT2D eigenvalue weighted by Gasteiger charge is 2.33. The van der Waals surface area contributed by atoms with Gasteiger partial charge < -0.3 is 10.3 Å². The second-order valence-electron chi connectivity index (χ2n) is 7.02. The lowest BCUT2D eigenvalue weighted by Crippen LogP contribution is -2.41. The number of nitrogens with zero attached hydrogens (tertiary/aromatic N) is 4. The van der Waals surface area contributed by atoms with Gasteiger partial charge in [0.2, 0.25) is 0 Å². The molecule has 26 heavy (non-hydrogen) atoms. The first-order chi connectivity index (χ1) is 12.7. The summed E-state index contributed by atoms with van der Waals surface area (Å²) in [4.78, 5) is 8.72. The van der Waals surface area contributed by atoms with E-state index in [1.807, 2.05) is 10.9 Å². The summed E-state index contributed by atoms with van der Waals surface area (Å²) in [6.45, 7) is 0.883. The van der Waals surface area contributed by atoms with Crippen molar-refractivity contribution >= 4 is 5.71 Å². The molecule has 1 fully saturated rings. The van der Waals surface area contributed by atoms with E-state index in [9.17, 15) is 4.39 Å². The van der Waals surface area contributed by atoms with Gasteiger partial charge in [-0.3, -0.25) is 5.73 Å². The fourth-order valence-corrected chi connectivity index (χ4v) is 3.69. The average Bonchev–Trinajstić information content (AvgIpc) is 3.42. The Morgan fingerprint density at radius 2 is 2.00 bits per heavy atom. The van der Waals surface area contributed by atoms with Crippen molar-refractivity contribution in [2.45, 2.75) is 38.0 Å². The van der Waals surface area contributed by atoms with Crippen LogP contribution < -0.4 is 11.2 Å². The third-order valence-electron chi connectivity index (χ3n) is 5.16. The fourth-order valence-electron chi connectivity index (χ4n) is 3.69. The standard InChI is InChI=1S/C19H21FN6/c20-13-5-3-12(4-6-13)18-17(16-2-1-10-22-26(16)24-18)15-9-11-25(14-7-8-14)19(21)23-15/h3-6,9,11,14,19,22H,1-2,7-8,10,21H2. The van der Waals surface area contributed by atoms with Crippen LogP contribution in [0, 0.1) is 5.82 Å². The molecule has 3 N–H and O–H groups in total. The molecule has 0 saturated heterocycles.